The first-order valence-electron chi connectivity index (χ1n) is 7.59. The zero-order chi connectivity index (χ0) is 19.6. The van der Waals surface area contributed by atoms with E-state index in [1.165, 1.54) is 18.2 Å². The minimum atomic E-state index is -1.32. The van der Waals surface area contributed by atoms with Crippen molar-refractivity contribution < 1.29 is 14.4 Å². The first-order chi connectivity index (χ1) is 12.9. The Hall–Kier alpha value is -3.02. The maximum absolute atomic E-state index is 12.7. The molecule has 134 valence electrons. The fourth-order valence-electron chi connectivity index (χ4n) is 2.42. The average molecular weight is 446 g/mol. The molecule has 0 aromatic heterocycles. The molecule has 1 atom stereocenters. The Kier molecular flexibility index (Phi) is 5.35. The van der Waals surface area contributed by atoms with Crippen molar-refractivity contribution in [1.82, 2.24) is 5.32 Å². The largest absolute Gasteiger partial charge is 0.335 e. The zero-order valence-electron chi connectivity index (χ0n) is 13.5. The lowest BCUT2D eigenvalue weighted by Crippen LogP contribution is -2.58. The lowest BCUT2D eigenvalue weighted by Gasteiger charge is -2.28. The van der Waals surface area contributed by atoms with E-state index in [1.54, 1.807) is 24.3 Å². The highest BCUT2D eigenvalue weighted by atomic mass is 79.9. The Morgan fingerprint density at radius 3 is 2.56 bits per heavy atom. The van der Waals surface area contributed by atoms with Crippen molar-refractivity contribution in [3.8, 4) is 6.07 Å². The molecule has 1 saturated heterocycles. The number of hydrogen-bond acceptors (Lipinski definition) is 5. The normalized spacial score (nSPS) is 17.1. The van der Waals surface area contributed by atoms with Crippen LogP contribution in [0.5, 0.6) is 0 Å². The van der Waals surface area contributed by atoms with Gasteiger partial charge < -0.3 is 0 Å². The van der Waals surface area contributed by atoms with Crippen LogP contribution in [0.15, 0.2) is 51.9 Å². The predicted octanol–water partition coefficient (Wildman–Crippen LogP) is 3.58. The van der Waals surface area contributed by atoms with E-state index in [9.17, 15) is 14.4 Å². The molecule has 0 spiro atoms. The quantitative estimate of drug-likeness (QED) is 0.576. The molecule has 1 heterocycles. The number of carbonyl (C=O) groups excluding carboxylic acids is 3. The fraction of sp³-hybridized carbons (Fsp3) is 0.0556. The standard InChI is InChI=1S/C18H10BrClN4O3/c19-11-2-5-13(6-3-11)24-17(26)14(16(25)23-18(24)27)9-22-15-7-12(20)4-1-10(15)8-21/h1-7,9,14H,(H,23,25,27)/t14-/m0/s1. The summed E-state index contributed by atoms with van der Waals surface area (Å²) in [6.07, 6.45) is 1.10. The number of benzene rings is 2. The molecular weight excluding hydrogens is 436 g/mol. The highest BCUT2D eigenvalue weighted by Gasteiger charge is 2.40. The Balaban J connectivity index is 1.93. The van der Waals surface area contributed by atoms with Gasteiger partial charge in [-0.15, -0.1) is 0 Å². The lowest BCUT2D eigenvalue weighted by molar-refractivity contribution is -0.131. The van der Waals surface area contributed by atoms with Gasteiger partial charge in [0.25, 0.3) is 5.91 Å². The number of nitrogens with one attached hydrogen (secondary N) is 1. The van der Waals surface area contributed by atoms with E-state index in [1.807, 2.05) is 6.07 Å². The summed E-state index contributed by atoms with van der Waals surface area (Å²) in [4.78, 5) is 41.9. The molecule has 1 aliphatic rings. The summed E-state index contributed by atoms with van der Waals surface area (Å²) in [5, 5.41) is 11.6. The molecule has 1 aliphatic heterocycles. The molecule has 0 saturated carbocycles. The average Bonchev–Trinajstić information content (AvgIpc) is 2.63. The third-order valence-corrected chi connectivity index (χ3v) is 4.49. The second kappa shape index (κ2) is 7.70. The van der Waals surface area contributed by atoms with Crippen LogP contribution >= 0.6 is 27.5 Å². The number of halogens is 2. The number of nitriles is 1. The van der Waals surface area contributed by atoms with E-state index in [2.05, 4.69) is 26.2 Å². The molecule has 0 aliphatic carbocycles. The molecule has 0 radical (unpaired) electrons. The van der Waals surface area contributed by atoms with Gasteiger partial charge in [-0.3, -0.25) is 19.9 Å². The third kappa shape index (κ3) is 3.89. The lowest BCUT2D eigenvalue weighted by atomic mass is 10.1. The van der Waals surface area contributed by atoms with Gasteiger partial charge in [0.05, 0.1) is 16.9 Å². The highest BCUT2D eigenvalue weighted by Crippen LogP contribution is 2.25. The number of amides is 4. The molecule has 4 amide bonds. The van der Waals surface area contributed by atoms with Gasteiger partial charge in [0, 0.05) is 15.7 Å². The van der Waals surface area contributed by atoms with Gasteiger partial charge in [0.1, 0.15) is 6.07 Å². The van der Waals surface area contributed by atoms with Gasteiger partial charge in [-0.25, -0.2) is 9.69 Å². The van der Waals surface area contributed by atoms with Crippen molar-refractivity contribution in [2.75, 3.05) is 4.90 Å². The third-order valence-electron chi connectivity index (χ3n) is 3.73. The van der Waals surface area contributed by atoms with Gasteiger partial charge in [-0.2, -0.15) is 5.26 Å². The minimum absolute atomic E-state index is 0.220. The maximum Gasteiger partial charge on any atom is 0.335 e. The summed E-state index contributed by atoms with van der Waals surface area (Å²) in [6, 6.07) is 12.0. The molecule has 3 rings (SSSR count). The van der Waals surface area contributed by atoms with Crippen LogP contribution in [-0.4, -0.2) is 24.1 Å². The Labute approximate surface area is 167 Å². The zero-order valence-corrected chi connectivity index (χ0v) is 15.9. The van der Waals surface area contributed by atoms with Gasteiger partial charge in [0.2, 0.25) is 5.91 Å². The number of hydrogen-bond donors (Lipinski definition) is 1. The molecule has 1 N–H and O–H groups in total. The second-order valence-electron chi connectivity index (χ2n) is 5.47. The van der Waals surface area contributed by atoms with Crippen LogP contribution in [-0.2, 0) is 9.59 Å². The minimum Gasteiger partial charge on any atom is -0.276 e. The van der Waals surface area contributed by atoms with E-state index in [4.69, 9.17) is 16.9 Å². The van der Waals surface area contributed by atoms with Crippen molar-refractivity contribution in [2.45, 2.75) is 0 Å². The fourth-order valence-corrected chi connectivity index (χ4v) is 2.85. The summed E-state index contributed by atoms with van der Waals surface area (Å²) in [5.41, 5.74) is 0.768. The molecular formula is C18H10BrClN4O3. The van der Waals surface area contributed by atoms with Crippen molar-refractivity contribution in [3.05, 3.63) is 57.5 Å². The number of nitrogens with zero attached hydrogens (tertiary/aromatic N) is 3. The van der Waals surface area contributed by atoms with Crippen LogP contribution in [0.3, 0.4) is 0 Å². The second-order valence-corrected chi connectivity index (χ2v) is 6.83. The maximum atomic E-state index is 12.7. The Morgan fingerprint density at radius 1 is 1.19 bits per heavy atom. The van der Waals surface area contributed by atoms with Crippen LogP contribution in [0.4, 0.5) is 16.2 Å². The summed E-state index contributed by atoms with van der Waals surface area (Å²) >= 11 is 9.18. The van der Waals surface area contributed by atoms with E-state index >= 15 is 0 Å². The number of aliphatic imine (C=N–C) groups is 1. The number of rotatable bonds is 3. The first-order valence-corrected chi connectivity index (χ1v) is 8.76. The number of imide groups is 2. The smallest absolute Gasteiger partial charge is 0.276 e. The highest BCUT2D eigenvalue weighted by molar-refractivity contribution is 9.10. The van der Waals surface area contributed by atoms with Crippen LogP contribution in [0.2, 0.25) is 5.02 Å². The predicted molar refractivity (Wildman–Crippen MR) is 103 cm³/mol. The SMILES string of the molecule is N#Cc1ccc(Cl)cc1N=C[C@H]1C(=O)NC(=O)N(c2ccc(Br)cc2)C1=O. The molecule has 9 heteroatoms. The van der Waals surface area contributed by atoms with Crippen LogP contribution < -0.4 is 10.2 Å². The van der Waals surface area contributed by atoms with Crippen molar-refractivity contribution in [2.24, 2.45) is 10.9 Å². The van der Waals surface area contributed by atoms with Crippen molar-refractivity contribution >= 4 is 63.0 Å². The monoisotopic (exact) mass is 444 g/mol. The molecule has 7 nitrogen and oxygen atoms in total. The van der Waals surface area contributed by atoms with Crippen LogP contribution in [0, 0.1) is 17.2 Å². The van der Waals surface area contributed by atoms with E-state index in [0.29, 0.717) is 10.7 Å². The van der Waals surface area contributed by atoms with Gasteiger partial charge in [-0.1, -0.05) is 27.5 Å². The van der Waals surface area contributed by atoms with E-state index in [-0.39, 0.29) is 11.3 Å². The molecule has 27 heavy (non-hydrogen) atoms. The Morgan fingerprint density at radius 2 is 1.89 bits per heavy atom. The number of urea groups is 1. The Bertz CT molecular complexity index is 1010. The summed E-state index contributed by atoms with van der Waals surface area (Å²) in [7, 11) is 0. The van der Waals surface area contributed by atoms with Crippen LogP contribution in [0.25, 0.3) is 0 Å². The first kappa shape index (κ1) is 18.8. The van der Waals surface area contributed by atoms with Crippen molar-refractivity contribution in [3.63, 3.8) is 0 Å². The van der Waals surface area contributed by atoms with Gasteiger partial charge in [-0.05, 0) is 42.5 Å². The topological polar surface area (TPSA) is 103 Å². The van der Waals surface area contributed by atoms with Crippen LogP contribution in [0.1, 0.15) is 5.56 Å². The van der Waals surface area contributed by atoms with Gasteiger partial charge in [0.15, 0.2) is 5.92 Å². The molecule has 2 aromatic rings. The summed E-state index contributed by atoms with van der Waals surface area (Å²) < 4.78 is 0.773. The molecule has 1 fully saturated rings. The van der Waals surface area contributed by atoms with Crippen molar-refractivity contribution in [1.29, 1.82) is 5.26 Å². The van der Waals surface area contributed by atoms with Gasteiger partial charge >= 0.3 is 6.03 Å². The van der Waals surface area contributed by atoms with E-state index < -0.39 is 23.8 Å². The molecule has 0 bridgehead atoms. The number of carbonyl (C=O) groups is 3. The number of anilines is 1. The van der Waals surface area contributed by atoms with E-state index in [0.717, 1.165) is 15.6 Å². The molecule has 0 unspecified atom stereocenters. The summed E-state index contributed by atoms with van der Waals surface area (Å²) in [6.45, 7) is 0. The number of barbiturate groups is 1. The molecule has 2 aromatic carbocycles. The summed E-state index contributed by atoms with van der Waals surface area (Å²) in [5.74, 6) is -2.85.